The molecule has 0 unspecified atom stereocenters. The van der Waals surface area contributed by atoms with Crippen LogP contribution in [0.5, 0.6) is 0 Å². The van der Waals surface area contributed by atoms with Crippen molar-refractivity contribution in [1.29, 1.82) is 0 Å². The van der Waals surface area contributed by atoms with Crippen molar-refractivity contribution in [3.63, 3.8) is 0 Å². The number of nitrogens with zero attached hydrogens (tertiary/aromatic N) is 3. The SMILES string of the molecule is Cc1cccc(-c2cc(C)n3nccc3n2)c1C. The van der Waals surface area contributed by atoms with E-state index in [1.807, 2.05) is 10.6 Å². The predicted octanol–water partition coefficient (Wildman–Crippen LogP) is 3.32. The molecule has 90 valence electrons. The highest BCUT2D eigenvalue weighted by Crippen LogP contribution is 2.25. The fourth-order valence-electron chi connectivity index (χ4n) is 2.23. The van der Waals surface area contributed by atoms with Gasteiger partial charge in [0.2, 0.25) is 0 Å². The molecule has 0 N–H and O–H groups in total. The molecule has 18 heavy (non-hydrogen) atoms. The first kappa shape index (κ1) is 11.0. The first-order valence-electron chi connectivity index (χ1n) is 6.05. The van der Waals surface area contributed by atoms with E-state index in [2.05, 4.69) is 55.1 Å². The van der Waals surface area contributed by atoms with Gasteiger partial charge in [0.05, 0.1) is 11.9 Å². The number of fused-ring (bicyclic) bond motifs is 1. The summed E-state index contributed by atoms with van der Waals surface area (Å²) in [5, 5.41) is 4.25. The summed E-state index contributed by atoms with van der Waals surface area (Å²) in [6, 6.07) is 10.3. The number of aromatic nitrogens is 3. The summed E-state index contributed by atoms with van der Waals surface area (Å²) in [4.78, 5) is 4.67. The first-order chi connectivity index (χ1) is 8.66. The van der Waals surface area contributed by atoms with Crippen LogP contribution in [0.4, 0.5) is 0 Å². The molecule has 1 aromatic carbocycles. The predicted molar refractivity (Wildman–Crippen MR) is 72.6 cm³/mol. The average Bonchev–Trinajstić information content (AvgIpc) is 2.81. The maximum Gasteiger partial charge on any atom is 0.155 e. The van der Waals surface area contributed by atoms with E-state index < -0.39 is 0 Å². The fourth-order valence-corrected chi connectivity index (χ4v) is 2.23. The van der Waals surface area contributed by atoms with Crippen LogP contribution in [0, 0.1) is 20.8 Å². The molecule has 3 rings (SSSR count). The molecule has 0 fully saturated rings. The Hall–Kier alpha value is -2.16. The second-order valence-corrected chi connectivity index (χ2v) is 4.63. The van der Waals surface area contributed by atoms with Crippen molar-refractivity contribution in [3.8, 4) is 11.3 Å². The van der Waals surface area contributed by atoms with Gasteiger partial charge in [-0.3, -0.25) is 0 Å². The van der Waals surface area contributed by atoms with Crippen molar-refractivity contribution in [2.45, 2.75) is 20.8 Å². The van der Waals surface area contributed by atoms with Gasteiger partial charge in [-0.2, -0.15) is 5.10 Å². The second kappa shape index (κ2) is 3.95. The second-order valence-electron chi connectivity index (χ2n) is 4.63. The summed E-state index contributed by atoms with van der Waals surface area (Å²) in [5.74, 6) is 0. The highest BCUT2D eigenvalue weighted by atomic mass is 15.2. The topological polar surface area (TPSA) is 30.2 Å². The van der Waals surface area contributed by atoms with E-state index in [9.17, 15) is 0 Å². The maximum absolute atomic E-state index is 4.67. The Bertz CT molecular complexity index is 726. The normalized spacial score (nSPS) is 11.1. The van der Waals surface area contributed by atoms with Gasteiger partial charge in [0, 0.05) is 17.3 Å². The van der Waals surface area contributed by atoms with Crippen LogP contribution in [0.1, 0.15) is 16.8 Å². The van der Waals surface area contributed by atoms with Crippen molar-refractivity contribution in [2.24, 2.45) is 0 Å². The quantitative estimate of drug-likeness (QED) is 0.650. The fraction of sp³-hybridized carbons (Fsp3) is 0.200. The molecule has 2 heterocycles. The lowest BCUT2D eigenvalue weighted by atomic mass is 10.0. The minimum absolute atomic E-state index is 0.894. The molecule has 0 amide bonds. The Morgan fingerprint density at radius 1 is 1.06 bits per heavy atom. The Morgan fingerprint density at radius 2 is 1.89 bits per heavy atom. The minimum Gasteiger partial charge on any atom is -0.229 e. The number of aryl methyl sites for hydroxylation is 2. The zero-order valence-electron chi connectivity index (χ0n) is 10.8. The number of benzene rings is 1. The molecule has 2 aromatic heterocycles. The van der Waals surface area contributed by atoms with Crippen LogP contribution in [0.25, 0.3) is 16.9 Å². The summed E-state index contributed by atoms with van der Waals surface area (Å²) in [6.45, 7) is 6.32. The zero-order chi connectivity index (χ0) is 12.7. The number of hydrogen-bond donors (Lipinski definition) is 0. The lowest BCUT2D eigenvalue weighted by Gasteiger charge is -2.09. The third-order valence-electron chi connectivity index (χ3n) is 3.42. The molecule has 3 nitrogen and oxygen atoms in total. The van der Waals surface area contributed by atoms with Crippen LogP contribution >= 0.6 is 0 Å². The molecule has 0 radical (unpaired) electrons. The molecule has 0 aliphatic rings. The summed E-state index contributed by atoms with van der Waals surface area (Å²) < 4.78 is 1.86. The van der Waals surface area contributed by atoms with E-state index >= 15 is 0 Å². The Balaban J connectivity index is 2.28. The van der Waals surface area contributed by atoms with Crippen molar-refractivity contribution < 1.29 is 0 Å². The molecule has 3 aromatic rings. The largest absolute Gasteiger partial charge is 0.229 e. The van der Waals surface area contributed by atoms with Gasteiger partial charge >= 0.3 is 0 Å². The Morgan fingerprint density at radius 3 is 2.72 bits per heavy atom. The van der Waals surface area contributed by atoms with Crippen LogP contribution in [-0.4, -0.2) is 14.6 Å². The van der Waals surface area contributed by atoms with Gasteiger partial charge in [0.15, 0.2) is 5.65 Å². The van der Waals surface area contributed by atoms with E-state index in [4.69, 9.17) is 0 Å². The first-order valence-corrected chi connectivity index (χ1v) is 6.05. The lowest BCUT2D eigenvalue weighted by Crippen LogP contribution is -1.98. The molecule has 0 bridgehead atoms. The third-order valence-corrected chi connectivity index (χ3v) is 3.42. The molecule has 0 spiro atoms. The Kier molecular flexibility index (Phi) is 2.40. The number of hydrogen-bond acceptors (Lipinski definition) is 2. The summed E-state index contributed by atoms with van der Waals surface area (Å²) in [6.07, 6.45) is 1.78. The van der Waals surface area contributed by atoms with Gasteiger partial charge in [-0.25, -0.2) is 9.50 Å². The van der Waals surface area contributed by atoms with Gasteiger partial charge in [-0.15, -0.1) is 0 Å². The molecule has 0 aliphatic carbocycles. The monoisotopic (exact) mass is 237 g/mol. The van der Waals surface area contributed by atoms with Crippen molar-refractivity contribution in [2.75, 3.05) is 0 Å². The zero-order valence-corrected chi connectivity index (χ0v) is 10.8. The molecule has 0 saturated heterocycles. The van der Waals surface area contributed by atoms with Gasteiger partial charge in [-0.1, -0.05) is 18.2 Å². The summed E-state index contributed by atoms with van der Waals surface area (Å²) >= 11 is 0. The van der Waals surface area contributed by atoms with Gasteiger partial charge in [-0.05, 0) is 38.0 Å². The molecule has 3 heteroatoms. The third kappa shape index (κ3) is 1.59. The average molecular weight is 237 g/mol. The standard InChI is InChI=1S/C15H15N3/c1-10-5-4-6-13(12(10)3)14-9-11(2)18-15(17-14)7-8-16-18/h4-9H,1-3H3. The smallest absolute Gasteiger partial charge is 0.155 e. The highest BCUT2D eigenvalue weighted by molar-refractivity contribution is 5.67. The van der Waals surface area contributed by atoms with E-state index in [0.717, 1.165) is 17.0 Å². The molecule has 0 aliphatic heterocycles. The van der Waals surface area contributed by atoms with Crippen molar-refractivity contribution >= 4 is 5.65 Å². The maximum atomic E-state index is 4.67. The van der Waals surface area contributed by atoms with Crippen molar-refractivity contribution in [1.82, 2.24) is 14.6 Å². The molecule has 0 saturated carbocycles. The van der Waals surface area contributed by atoms with E-state index in [-0.39, 0.29) is 0 Å². The van der Waals surface area contributed by atoms with Crippen LogP contribution in [0.15, 0.2) is 36.5 Å². The van der Waals surface area contributed by atoms with Gasteiger partial charge in [0.25, 0.3) is 0 Å². The Labute approximate surface area is 106 Å². The van der Waals surface area contributed by atoms with E-state index in [0.29, 0.717) is 0 Å². The number of rotatable bonds is 1. The summed E-state index contributed by atoms with van der Waals surface area (Å²) in [5.41, 5.74) is 6.78. The minimum atomic E-state index is 0.894. The van der Waals surface area contributed by atoms with Crippen molar-refractivity contribution in [3.05, 3.63) is 53.3 Å². The van der Waals surface area contributed by atoms with Crippen LogP contribution in [0.2, 0.25) is 0 Å². The van der Waals surface area contributed by atoms with Crippen LogP contribution in [-0.2, 0) is 0 Å². The molecule has 0 atom stereocenters. The summed E-state index contributed by atoms with van der Waals surface area (Å²) in [7, 11) is 0. The van der Waals surface area contributed by atoms with E-state index in [1.54, 1.807) is 6.20 Å². The molecular formula is C15H15N3. The molecular weight excluding hydrogens is 222 g/mol. The van der Waals surface area contributed by atoms with Crippen LogP contribution in [0.3, 0.4) is 0 Å². The van der Waals surface area contributed by atoms with Gasteiger partial charge in [0.1, 0.15) is 0 Å². The highest BCUT2D eigenvalue weighted by Gasteiger charge is 2.08. The lowest BCUT2D eigenvalue weighted by molar-refractivity contribution is 0.896. The van der Waals surface area contributed by atoms with Gasteiger partial charge < -0.3 is 0 Å². The van der Waals surface area contributed by atoms with E-state index in [1.165, 1.54) is 16.7 Å². The van der Waals surface area contributed by atoms with Crippen LogP contribution < -0.4 is 0 Å².